The van der Waals surface area contributed by atoms with Crippen LogP contribution >= 0.6 is 0 Å². The molecule has 2 amide bonds. The van der Waals surface area contributed by atoms with Gasteiger partial charge in [0.05, 0.1) is 23.9 Å². The van der Waals surface area contributed by atoms with Crippen molar-refractivity contribution in [1.29, 1.82) is 0 Å². The molecule has 0 aliphatic carbocycles. The van der Waals surface area contributed by atoms with E-state index in [9.17, 15) is 9.59 Å². The summed E-state index contributed by atoms with van der Waals surface area (Å²) in [5.41, 5.74) is 3.38. The monoisotopic (exact) mass is 531 g/mol. The fourth-order valence-electron chi connectivity index (χ4n) is 4.97. The van der Waals surface area contributed by atoms with Crippen LogP contribution in [0, 0.1) is 5.92 Å². The number of rotatable bonds is 8. The second-order valence-corrected chi connectivity index (χ2v) is 10.5. The molecule has 2 N–H and O–H groups in total. The number of benzene rings is 1. The van der Waals surface area contributed by atoms with E-state index in [1.54, 1.807) is 23.4 Å². The number of hydrogen-bond donors (Lipinski definition) is 2. The maximum absolute atomic E-state index is 12.7. The Morgan fingerprint density at radius 3 is 2.41 bits per heavy atom. The van der Waals surface area contributed by atoms with Gasteiger partial charge in [0, 0.05) is 63.5 Å². The minimum absolute atomic E-state index is 0.204. The second-order valence-electron chi connectivity index (χ2n) is 10.5. The number of nitrogens with one attached hydrogen (secondary N) is 2. The highest BCUT2D eigenvalue weighted by Gasteiger charge is 2.23. The lowest BCUT2D eigenvalue weighted by atomic mass is 9.99. The van der Waals surface area contributed by atoms with Crippen LogP contribution in [0.25, 0.3) is 0 Å². The number of anilines is 1. The molecule has 2 aliphatic heterocycles. The zero-order valence-corrected chi connectivity index (χ0v) is 22.5. The van der Waals surface area contributed by atoms with E-state index in [1.165, 1.54) is 24.6 Å². The number of piperidine rings is 1. The fourth-order valence-corrected chi connectivity index (χ4v) is 4.97. The molecule has 0 atom stereocenters. The molecule has 10 nitrogen and oxygen atoms in total. The number of likely N-dealkylation sites (tertiary alicyclic amines) is 1. The standard InChI is InChI=1S/C29H37N7O3/c1-22-8-11-35(12-9-22)20-23-2-4-24(5-3-23)28(37)33-26-6-7-27(31-19-26)39-29(38)36-16-14-34(15-17-36)13-10-25-18-30-21-32-25/h2-7,18-19,21-22H,8-17,20H2,1H3,(H,30,32)(H,33,37). The third kappa shape index (κ3) is 7.64. The van der Waals surface area contributed by atoms with E-state index in [-0.39, 0.29) is 11.8 Å². The Kier molecular flexibility index (Phi) is 8.85. The number of piperazine rings is 1. The predicted octanol–water partition coefficient (Wildman–Crippen LogP) is 3.65. The Morgan fingerprint density at radius 2 is 1.74 bits per heavy atom. The van der Waals surface area contributed by atoms with Crippen molar-refractivity contribution in [3.63, 3.8) is 0 Å². The van der Waals surface area contributed by atoms with Gasteiger partial charge in [-0.05, 0) is 55.6 Å². The quantitative estimate of drug-likeness (QED) is 0.457. The third-order valence-electron chi connectivity index (χ3n) is 7.55. The third-order valence-corrected chi connectivity index (χ3v) is 7.55. The fraction of sp³-hybridized carbons (Fsp3) is 0.448. The molecule has 1 aromatic carbocycles. The van der Waals surface area contributed by atoms with Crippen LogP contribution in [0.15, 0.2) is 55.1 Å². The number of imidazole rings is 1. The van der Waals surface area contributed by atoms with Crippen LogP contribution in [-0.2, 0) is 13.0 Å². The van der Waals surface area contributed by atoms with E-state index < -0.39 is 6.09 Å². The molecule has 10 heteroatoms. The van der Waals surface area contributed by atoms with E-state index in [0.29, 0.717) is 24.3 Å². The van der Waals surface area contributed by atoms with E-state index >= 15 is 0 Å². The Bertz CT molecular complexity index is 1200. The summed E-state index contributed by atoms with van der Waals surface area (Å²) in [7, 11) is 0. The molecule has 4 heterocycles. The van der Waals surface area contributed by atoms with Gasteiger partial charge in [-0.15, -0.1) is 0 Å². The summed E-state index contributed by atoms with van der Waals surface area (Å²) in [5.74, 6) is 0.813. The van der Waals surface area contributed by atoms with Crippen LogP contribution in [0.4, 0.5) is 10.5 Å². The number of aromatic nitrogens is 3. The summed E-state index contributed by atoms with van der Waals surface area (Å²) < 4.78 is 5.46. The first-order chi connectivity index (χ1) is 19.0. The number of aromatic amines is 1. The van der Waals surface area contributed by atoms with Gasteiger partial charge in [0.25, 0.3) is 5.91 Å². The lowest BCUT2D eigenvalue weighted by molar-refractivity contribution is 0.102. The van der Waals surface area contributed by atoms with Crippen LogP contribution in [0.2, 0.25) is 0 Å². The average Bonchev–Trinajstić information content (AvgIpc) is 3.49. The number of pyridine rings is 1. The molecule has 0 radical (unpaired) electrons. The summed E-state index contributed by atoms with van der Waals surface area (Å²) in [6.07, 6.45) is 8.06. The number of nitrogens with zero attached hydrogens (tertiary/aromatic N) is 5. The maximum atomic E-state index is 12.7. The van der Waals surface area contributed by atoms with Gasteiger partial charge in [0.2, 0.25) is 5.88 Å². The van der Waals surface area contributed by atoms with Crippen molar-refractivity contribution in [1.82, 2.24) is 29.7 Å². The van der Waals surface area contributed by atoms with E-state index in [1.807, 2.05) is 30.5 Å². The first-order valence-corrected chi connectivity index (χ1v) is 13.8. The van der Waals surface area contributed by atoms with Gasteiger partial charge >= 0.3 is 6.09 Å². The molecule has 206 valence electrons. The normalized spacial score (nSPS) is 17.2. The molecule has 2 saturated heterocycles. The maximum Gasteiger partial charge on any atom is 0.416 e. The number of carbonyl (C=O) groups excluding carboxylic acids is 2. The van der Waals surface area contributed by atoms with Gasteiger partial charge < -0.3 is 19.9 Å². The molecule has 3 aromatic rings. The van der Waals surface area contributed by atoms with Gasteiger partial charge in [-0.3, -0.25) is 14.6 Å². The van der Waals surface area contributed by atoms with Crippen molar-refractivity contribution < 1.29 is 14.3 Å². The molecular weight excluding hydrogens is 494 g/mol. The van der Waals surface area contributed by atoms with Crippen molar-refractivity contribution in [2.45, 2.75) is 32.7 Å². The molecular formula is C29H37N7O3. The largest absolute Gasteiger partial charge is 0.416 e. The van der Waals surface area contributed by atoms with Gasteiger partial charge in [0.15, 0.2) is 0 Å². The van der Waals surface area contributed by atoms with Gasteiger partial charge in [-0.1, -0.05) is 19.1 Å². The molecule has 2 aliphatic rings. The Labute approximate surface area is 229 Å². The summed E-state index contributed by atoms with van der Waals surface area (Å²) in [4.78, 5) is 43.2. The zero-order valence-electron chi connectivity index (χ0n) is 22.5. The van der Waals surface area contributed by atoms with Gasteiger partial charge in [0.1, 0.15) is 0 Å². The molecule has 2 fully saturated rings. The Morgan fingerprint density at radius 1 is 0.974 bits per heavy atom. The summed E-state index contributed by atoms with van der Waals surface area (Å²) in [6, 6.07) is 11.0. The van der Waals surface area contributed by atoms with E-state index in [2.05, 4.69) is 37.0 Å². The second kappa shape index (κ2) is 12.9. The van der Waals surface area contributed by atoms with Crippen molar-refractivity contribution in [3.05, 3.63) is 71.9 Å². The average molecular weight is 532 g/mol. The molecule has 5 rings (SSSR count). The van der Waals surface area contributed by atoms with Crippen molar-refractivity contribution in [2.75, 3.05) is 51.1 Å². The number of hydrogen-bond acceptors (Lipinski definition) is 7. The molecule has 0 spiro atoms. The van der Waals surface area contributed by atoms with Gasteiger partial charge in [-0.2, -0.15) is 0 Å². The smallest absolute Gasteiger partial charge is 0.391 e. The van der Waals surface area contributed by atoms with E-state index in [4.69, 9.17) is 4.74 Å². The molecule has 39 heavy (non-hydrogen) atoms. The molecule has 2 aromatic heterocycles. The van der Waals surface area contributed by atoms with Crippen LogP contribution in [-0.4, -0.2) is 87.5 Å². The summed E-state index contributed by atoms with van der Waals surface area (Å²) >= 11 is 0. The first kappa shape index (κ1) is 26.8. The number of carbonyl (C=O) groups is 2. The highest BCUT2D eigenvalue weighted by atomic mass is 16.6. The Hall–Kier alpha value is -3.76. The van der Waals surface area contributed by atoms with Crippen molar-refractivity contribution >= 4 is 17.7 Å². The first-order valence-electron chi connectivity index (χ1n) is 13.8. The number of ether oxygens (including phenoxy) is 1. The highest BCUT2D eigenvalue weighted by Crippen LogP contribution is 2.19. The van der Waals surface area contributed by atoms with Crippen LogP contribution < -0.4 is 10.1 Å². The summed E-state index contributed by atoms with van der Waals surface area (Å²) in [6.45, 7) is 9.18. The molecule has 0 saturated carbocycles. The topological polar surface area (TPSA) is 107 Å². The lowest BCUT2D eigenvalue weighted by Gasteiger charge is -2.33. The predicted molar refractivity (Wildman–Crippen MR) is 149 cm³/mol. The van der Waals surface area contributed by atoms with Gasteiger partial charge in [-0.25, -0.2) is 14.8 Å². The minimum atomic E-state index is -0.412. The molecule has 0 unspecified atom stereocenters. The number of amides is 2. The minimum Gasteiger partial charge on any atom is -0.391 e. The van der Waals surface area contributed by atoms with E-state index in [0.717, 1.165) is 57.3 Å². The molecule has 0 bridgehead atoms. The Balaban J connectivity index is 1.04. The van der Waals surface area contributed by atoms with Crippen LogP contribution in [0.3, 0.4) is 0 Å². The number of H-pyrrole nitrogens is 1. The highest BCUT2D eigenvalue weighted by molar-refractivity contribution is 6.04. The zero-order chi connectivity index (χ0) is 27.0. The van der Waals surface area contributed by atoms with Crippen LogP contribution in [0.1, 0.15) is 41.4 Å². The van der Waals surface area contributed by atoms with Crippen LogP contribution in [0.5, 0.6) is 5.88 Å². The lowest BCUT2D eigenvalue weighted by Crippen LogP contribution is -2.50. The SMILES string of the molecule is CC1CCN(Cc2ccc(C(=O)Nc3ccc(OC(=O)N4CCN(CCc5c[nH]cn5)CC4)nc3)cc2)CC1. The van der Waals surface area contributed by atoms with Crippen molar-refractivity contribution in [3.8, 4) is 5.88 Å². The summed E-state index contributed by atoms with van der Waals surface area (Å²) in [5, 5.41) is 2.86. The van der Waals surface area contributed by atoms with Crippen molar-refractivity contribution in [2.24, 2.45) is 5.92 Å².